The molecule has 0 radical (unpaired) electrons. The lowest BCUT2D eigenvalue weighted by Gasteiger charge is -2.73. The van der Waals surface area contributed by atoms with Crippen LogP contribution in [0.2, 0.25) is 0 Å². The van der Waals surface area contributed by atoms with Gasteiger partial charge in [0.05, 0.1) is 11.0 Å². The Bertz CT molecular complexity index is 2890. The van der Waals surface area contributed by atoms with Gasteiger partial charge in [0.25, 0.3) is 0 Å². The van der Waals surface area contributed by atoms with Gasteiger partial charge in [-0.3, -0.25) is 9.69 Å². The number of hydrogen-bond acceptors (Lipinski definition) is 8. The Balaban J connectivity index is 0.911. The predicted molar refractivity (Wildman–Crippen MR) is 296 cm³/mol. The van der Waals surface area contributed by atoms with Crippen molar-refractivity contribution in [3.63, 3.8) is 0 Å². The molecule has 1 aromatic rings. The molecule has 77 heavy (non-hydrogen) atoms. The van der Waals surface area contributed by atoms with Crippen LogP contribution in [0.1, 0.15) is 208 Å². The fraction of sp³-hybridized carbons (Fsp3) is 0.768. The molecule has 0 unspecified atom stereocenters. The first-order valence-electron chi connectivity index (χ1n) is 33.0. The van der Waals surface area contributed by atoms with Crippen LogP contribution in [0.25, 0.3) is 0 Å². The van der Waals surface area contributed by atoms with E-state index in [2.05, 4.69) is 47.1 Å². The lowest BCUT2D eigenvalue weighted by atomic mass is 9.27. The maximum absolute atomic E-state index is 16.9. The molecule has 0 aromatic heterocycles. The quantitative estimate of drug-likeness (QED) is 0.222. The minimum atomic E-state index is -1.14. The number of fused-ring (bicyclic) bond motifs is 10. The van der Waals surface area contributed by atoms with Gasteiger partial charge in [-0.05, 0) is 223 Å². The van der Waals surface area contributed by atoms with Crippen LogP contribution in [-0.2, 0) is 26.3 Å². The summed E-state index contributed by atoms with van der Waals surface area (Å²) >= 11 is 0. The van der Waals surface area contributed by atoms with Crippen molar-refractivity contribution in [1.82, 2.24) is 9.80 Å². The number of aryl methyl sites for hydroxylation is 1. The van der Waals surface area contributed by atoms with Crippen molar-refractivity contribution in [1.29, 1.82) is 0 Å². The van der Waals surface area contributed by atoms with E-state index in [0.29, 0.717) is 106 Å². The monoisotopic (exact) mass is 1040 g/mol. The predicted octanol–water partition coefficient (Wildman–Crippen LogP) is 13.6. The van der Waals surface area contributed by atoms with Crippen molar-refractivity contribution in [3.05, 3.63) is 81.0 Å². The number of hydrogen-bond donors (Lipinski definition) is 2. The van der Waals surface area contributed by atoms with Gasteiger partial charge < -0.3 is 25.2 Å². The van der Waals surface area contributed by atoms with Gasteiger partial charge in [0.1, 0.15) is 11.2 Å². The molecule has 6 spiro atoms. The Hall–Kier alpha value is -3.36. The molecule has 8 nitrogen and oxygen atoms in total. The first-order valence-corrected chi connectivity index (χ1v) is 33.0. The van der Waals surface area contributed by atoms with Gasteiger partial charge in [0, 0.05) is 60.2 Å². The number of aliphatic hydroxyl groups excluding tert-OH is 1. The van der Waals surface area contributed by atoms with E-state index < -0.39 is 16.4 Å². The molecule has 10 fully saturated rings. The average Bonchev–Trinajstić information content (AvgIpc) is 3.09. The number of aliphatic hydroxyl groups is 1. The Kier molecular flexibility index (Phi) is 9.83. The first kappa shape index (κ1) is 47.3. The van der Waals surface area contributed by atoms with E-state index in [1.807, 2.05) is 0 Å². The van der Waals surface area contributed by atoms with Gasteiger partial charge in [-0.2, -0.15) is 0 Å². The summed E-state index contributed by atoms with van der Waals surface area (Å²) in [5.74, 6) is 4.24. The van der Waals surface area contributed by atoms with E-state index in [0.717, 1.165) is 56.2 Å². The number of esters is 2. The minimum Gasteiger partial charge on any atom is -0.508 e. The largest absolute Gasteiger partial charge is 0.508 e. The number of ether oxygens (including phenoxy) is 2. The van der Waals surface area contributed by atoms with E-state index in [4.69, 9.17) is 15.2 Å². The van der Waals surface area contributed by atoms with Crippen LogP contribution in [0.4, 0.5) is 0 Å². The summed E-state index contributed by atoms with van der Waals surface area (Å²) < 4.78 is 15.1. The van der Waals surface area contributed by atoms with Gasteiger partial charge in [-0.1, -0.05) is 93.4 Å². The molecule has 3 N–H and O–H groups in total. The Morgan fingerprint density at radius 2 is 1.58 bits per heavy atom. The third-order valence-corrected chi connectivity index (χ3v) is 28.9. The van der Waals surface area contributed by atoms with Crippen LogP contribution in [0.3, 0.4) is 0 Å². The maximum atomic E-state index is 16.9. The molecule has 10 aliphatic carbocycles. The molecule has 18 rings (SSSR count). The van der Waals surface area contributed by atoms with Crippen molar-refractivity contribution in [3.8, 4) is 0 Å². The number of rotatable bonds is 5. The van der Waals surface area contributed by atoms with Crippen LogP contribution in [-0.4, -0.2) is 64.6 Å². The van der Waals surface area contributed by atoms with E-state index in [9.17, 15) is 5.11 Å². The highest BCUT2D eigenvalue weighted by Crippen LogP contribution is 2.89. The highest BCUT2D eigenvalue weighted by molar-refractivity contribution is 6.00. The molecule has 0 amide bonds. The van der Waals surface area contributed by atoms with Gasteiger partial charge >= 0.3 is 11.9 Å². The number of carbonyl (C=O) groups is 2. The van der Waals surface area contributed by atoms with E-state index >= 15 is 9.59 Å². The van der Waals surface area contributed by atoms with Gasteiger partial charge in [0.2, 0.25) is 0 Å². The van der Waals surface area contributed by atoms with Crippen molar-refractivity contribution < 1.29 is 24.2 Å². The Labute approximate surface area is 459 Å². The molecule has 6 saturated carbocycles. The van der Waals surface area contributed by atoms with Gasteiger partial charge in [-0.25, -0.2) is 4.79 Å². The van der Waals surface area contributed by atoms with Crippen LogP contribution in [0, 0.1) is 92.2 Å². The second-order valence-electron chi connectivity index (χ2n) is 30.7. The summed E-state index contributed by atoms with van der Waals surface area (Å²) in [5.41, 5.74) is 13.4. The third-order valence-electron chi connectivity index (χ3n) is 28.9. The smallest absolute Gasteiger partial charge is 0.339 e. The minimum absolute atomic E-state index is 0.111. The molecule has 17 aliphatic rings. The number of piperidine rings is 3. The normalized spacial score (nSPS) is 49.2. The average molecular weight is 1040 g/mol. The highest BCUT2D eigenvalue weighted by atomic mass is 16.6. The van der Waals surface area contributed by atoms with Crippen molar-refractivity contribution in [2.45, 2.75) is 217 Å². The summed E-state index contributed by atoms with van der Waals surface area (Å²) in [6.45, 7) is 5.47. The zero-order valence-corrected chi connectivity index (χ0v) is 46.6. The molecule has 7 aliphatic heterocycles. The first-order chi connectivity index (χ1) is 37.6. The fourth-order valence-corrected chi connectivity index (χ4v) is 27.0. The molecular formula is C69H89N3O5. The summed E-state index contributed by atoms with van der Waals surface area (Å²) in [4.78, 5) is 38.6. The zero-order valence-electron chi connectivity index (χ0n) is 46.6. The number of benzene rings is 1. The molecule has 410 valence electrons. The number of nitrogens with zero attached hydrogens (tertiary/aromatic N) is 2. The molecule has 8 heteroatoms. The molecule has 7 heterocycles. The Morgan fingerprint density at radius 3 is 2.42 bits per heavy atom. The highest BCUT2D eigenvalue weighted by Gasteiger charge is 2.94. The van der Waals surface area contributed by atoms with Crippen LogP contribution >= 0.6 is 0 Å². The molecule has 7 bridgehead atoms. The van der Waals surface area contributed by atoms with E-state index in [1.54, 1.807) is 16.8 Å². The number of allylic oxidation sites excluding steroid dienone is 4. The molecular weight excluding hydrogens is 951 g/mol. The van der Waals surface area contributed by atoms with Crippen molar-refractivity contribution in [2.75, 3.05) is 19.6 Å². The van der Waals surface area contributed by atoms with Crippen molar-refractivity contribution in [2.24, 2.45) is 97.9 Å². The maximum Gasteiger partial charge on any atom is 0.339 e. The third kappa shape index (κ3) is 5.38. The number of carbonyl (C=O) groups excluding carboxylic acids is 2. The summed E-state index contributed by atoms with van der Waals surface area (Å²) in [6.07, 6.45) is 40.3. The topological polar surface area (TPSA) is 105 Å². The molecule has 17 atom stereocenters. The van der Waals surface area contributed by atoms with Crippen LogP contribution in [0.15, 0.2) is 64.3 Å². The second kappa shape index (κ2) is 16.0. The molecule has 4 saturated heterocycles. The van der Waals surface area contributed by atoms with Crippen LogP contribution < -0.4 is 5.73 Å². The SMILES string of the molecule is C[C@H]1CC2=C3[C@H]4C5=C6[C@H](/C=C\[C@@H](C7CCCC7)C[C@H]7[C@]68C(=O)O/C(=C(\O)[C@H]6CC[C@H]9[C@@H]%10C[C@H](CN9[C@@H]6[C@@H]6CC9(CCCC9)[C@]9(CCCC9%11CCCC%11)C6)[C@H](CC2)N3C%10)[C@@]8(CC5)[C@]72OC(=O)c3c(CCCN)cccc32)C[C@H]41. The lowest BCUT2D eigenvalue weighted by molar-refractivity contribution is -0.282. The van der Waals surface area contributed by atoms with Crippen molar-refractivity contribution >= 4 is 11.9 Å². The summed E-state index contributed by atoms with van der Waals surface area (Å²) in [5, 5.41) is 14.5. The van der Waals surface area contributed by atoms with Gasteiger partial charge in [0.15, 0.2) is 11.4 Å². The van der Waals surface area contributed by atoms with E-state index in [1.165, 1.54) is 147 Å². The number of nitrogens with two attached hydrogens (primary N) is 1. The lowest BCUT2D eigenvalue weighted by Crippen LogP contribution is -2.78. The van der Waals surface area contributed by atoms with E-state index in [-0.39, 0.29) is 41.7 Å². The van der Waals surface area contributed by atoms with Gasteiger partial charge in [-0.15, -0.1) is 0 Å². The zero-order chi connectivity index (χ0) is 51.2. The standard InChI is InChI=1S/C69H89N3O5/c1-39-31-44-18-20-52-45-32-46-38-72(52)59(44)56-48-22-29-67-61(60(73)49-19-21-53(46)71(37-45)58(49)47-35-65(25-6-7-26-65)66(36-47)28-10-27-64(66)23-4-5-24-64)76-63(75)68(67)54(69(67)51-15-8-13-41(14-9-30-70)55(51)62(74)77-69)34-42(40-11-2-3-12-40)16-17-43(57(48)68)33-50(39)56/h8,13,15-17,39-40,42-43,45-47,49-50,52-54,56,58,73H,2-7,9-12,14,18-38,70H2,1H3/b17-16-,61-60-/t39-,42+,43+,45+,46+,47+,49-,50-,52-,53-,54-,56-,58+,66+,67+,68+,69+/m0/s1. The Morgan fingerprint density at radius 1 is 0.779 bits per heavy atom. The molecule has 1 aromatic carbocycles. The summed E-state index contributed by atoms with van der Waals surface area (Å²) in [7, 11) is 0. The van der Waals surface area contributed by atoms with Crippen LogP contribution in [0.5, 0.6) is 0 Å². The second-order valence-corrected chi connectivity index (χ2v) is 30.7. The fourth-order valence-electron chi connectivity index (χ4n) is 27.0. The summed E-state index contributed by atoms with van der Waals surface area (Å²) in [6, 6.07) is 7.81.